The maximum atomic E-state index is 12.7. The quantitative estimate of drug-likeness (QED) is 0.688. The van der Waals surface area contributed by atoms with Crippen LogP contribution in [0.15, 0.2) is 78.9 Å². The number of fused-ring (bicyclic) bond motifs is 2. The van der Waals surface area contributed by atoms with E-state index in [0.717, 1.165) is 10.8 Å². The predicted molar refractivity (Wildman–Crippen MR) is 110 cm³/mol. The van der Waals surface area contributed by atoms with Crippen molar-refractivity contribution in [3.63, 3.8) is 0 Å². The molecule has 3 aromatic carbocycles. The van der Waals surface area contributed by atoms with Crippen LogP contribution in [0.4, 0.5) is 11.4 Å². The third kappa shape index (κ3) is 2.77. The van der Waals surface area contributed by atoms with Gasteiger partial charge in [-0.25, -0.2) is 0 Å². The van der Waals surface area contributed by atoms with Crippen molar-refractivity contribution in [1.82, 2.24) is 0 Å². The lowest BCUT2D eigenvalue weighted by Gasteiger charge is -2.23. The Balaban J connectivity index is 1.58. The molecule has 0 spiro atoms. The van der Waals surface area contributed by atoms with E-state index in [2.05, 4.69) is 11.9 Å². The normalized spacial score (nSPS) is 18.2. The van der Waals surface area contributed by atoms with Crippen LogP contribution in [0.25, 0.3) is 10.8 Å². The smallest absolute Gasteiger partial charge is 0.263 e. The minimum absolute atomic E-state index is 0.133. The summed E-state index contributed by atoms with van der Waals surface area (Å²) in [7, 11) is 1.61. The molecule has 0 radical (unpaired) electrons. The first-order chi connectivity index (χ1) is 13.4. The predicted octanol–water partition coefficient (Wildman–Crippen LogP) is 3.59. The number of aliphatic hydroxyl groups is 1. The fourth-order valence-corrected chi connectivity index (χ4v) is 3.72. The van der Waals surface area contributed by atoms with Crippen LogP contribution in [0, 0.1) is 0 Å². The zero-order valence-electron chi connectivity index (χ0n) is 15.5. The fraction of sp³-hybridized carbons (Fsp3) is 0.130. The first-order valence-electron chi connectivity index (χ1n) is 8.99. The number of amides is 2. The van der Waals surface area contributed by atoms with E-state index in [1.807, 2.05) is 42.5 Å². The van der Waals surface area contributed by atoms with E-state index >= 15 is 0 Å². The fourth-order valence-electron chi connectivity index (χ4n) is 3.72. The third-order valence-corrected chi connectivity index (χ3v) is 5.20. The molecule has 0 aliphatic carbocycles. The van der Waals surface area contributed by atoms with E-state index in [-0.39, 0.29) is 12.0 Å². The Labute approximate surface area is 162 Å². The number of rotatable bonds is 4. The Morgan fingerprint density at radius 1 is 1.07 bits per heavy atom. The van der Waals surface area contributed by atoms with E-state index in [4.69, 9.17) is 0 Å². The highest BCUT2D eigenvalue weighted by atomic mass is 16.3. The number of likely N-dealkylation sites (N-methyl/N-ethyl adjacent to an activating group) is 1. The minimum atomic E-state index is -1.79. The molecule has 0 saturated carbocycles. The summed E-state index contributed by atoms with van der Waals surface area (Å²) < 4.78 is 0. The standard InChI is InChI=1S/C23H20N2O3/c1-15(14-23(28)18-11-5-6-13-20(18)25(2)22(23)27)21(26)24-19-12-7-9-16-8-3-4-10-17(16)19/h3-13,28H,1,14H2,2H3,(H,24,26)/t23-/m0/s1. The summed E-state index contributed by atoms with van der Waals surface area (Å²) >= 11 is 0. The molecule has 1 heterocycles. The van der Waals surface area contributed by atoms with Gasteiger partial charge >= 0.3 is 0 Å². The number of para-hydroxylation sites is 1. The van der Waals surface area contributed by atoms with Crippen LogP contribution in [0.1, 0.15) is 12.0 Å². The summed E-state index contributed by atoms with van der Waals surface area (Å²) in [6, 6.07) is 20.4. The Hall–Kier alpha value is -3.44. The van der Waals surface area contributed by atoms with Gasteiger partial charge < -0.3 is 15.3 Å². The molecule has 28 heavy (non-hydrogen) atoms. The molecule has 5 nitrogen and oxygen atoms in total. The molecule has 0 bridgehead atoms. The number of carbonyl (C=O) groups is 2. The second kappa shape index (κ2) is 6.62. The molecular weight excluding hydrogens is 352 g/mol. The van der Waals surface area contributed by atoms with Crippen LogP contribution in [-0.4, -0.2) is 24.0 Å². The van der Waals surface area contributed by atoms with E-state index in [1.165, 1.54) is 4.90 Å². The zero-order valence-corrected chi connectivity index (χ0v) is 15.5. The van der Waals surface area contributed by atoms with Gasteiger partial charge in [-0.15, -0.1) is 0 Å². The largest absolute Gasteiger partial charge is 0.375 e. The highest BCUT2D eigenvalue weighted by molar-refractivity contribution is 6.11. The van der Waals surface area contributed by atoms with Crippen LogP contribution in [0.2, 0.25) is 0 Å². The van der Waals surface area contributed by atoms with Crippen LogP contribution in [-0.2, 0) is 15.2 Å². The van der Waals surface area contributed by atoms with Crippen molar-refractivity contribution in [2.24, 2.45) is 0 Å². The highest BCUT2D eigenvalue weighted by Gasteiger charge is 2.48. The lowest BCUT2D eigenvalue weighted by atomic mass is 9.88. The van der Waals surface area contributed by atoms with Crippen LogP contribution in [0.5, 0.6) is 0 Å². The number of benzene rings is 3. The first-order valence-corrected chi connectivity index (χ1v) is 8.99. The van der Waals surface area contributed by atoms with Gasteiger partial charge in [0.05, 0.1) is 5.69 Å². The first kappa shape index (κ1) is 17.9. The lowest BCUT2D eigenvalue weighted by Crippen LogP contribution is -2.39. The Bertz CT molecular complexity index is 1120. The molecule has 4 rings (SSSR count). The topological polar surface area (TPSA) is 69.6 Å². The average molecular weight is 372 g/mol. The zero-order chi connectivity index (χ0) is 19.9. The van der Waals surface area contributed by atoms with Crippen molar-refractivity contribution in [1.29, 1.82) is 0 Å². The SMILES string of the molecule is C=C(C[C@@]1(O)C(=O)N(C)c2ccccc21)C(=O)Nc1cccc2ccccc12. The molecule has 0 fully saturated rings. The molecule has 5 heteroatoms. The molecule has 1 aliphatic rings. The second-order valence-electron chi connectivity index (χ2n) is 7.00. The van der Waals surface area contributed by atoms with Crippen molar-refractivity contribution in [3.8, 4) is 0 Å². The Morgan fingerprint density at radius 3 is 2.57 bits per heavy atom. The Morgan fingerprint density at radius 2 is 1.75 bits per heavy atom. The van der Waals surface area contributed by atoms with Gasteiger partial charge in [0.15, 0.2) is 5.60 Å². The third-order valence-electron chi connectivity index (χ3n) is 5.20. The van der Waals surface area contributed by atoms with E-state index in [0.29, 0.717) is 16.9 Å². The van der Waals surface area contributed by atoms with Gasteiger partial charge in [-0.2, -0.15) is 0 Å². The van der Waals surface area contributed by atoms with Gasteiger partial charge in [0.2, 0.25) is 0 Å². The van der Waals surface area contributed by atoms with Gasteiger partial charge in [-0.3, -0.25) is 9.59 Å². The molecule has 0 saturated heterocycles. The van der Waals surface area contributed by atoms with Crippen molar-refractivity contribution in [2.75, 3.05) is 17.3 Å². The highest BCUT2D eigenvalue weighted by Crippen LogP contribution is 2.42. The van der Waals surface area contributed by atoms with E-state index < -0.39 is 17.4 Å². The molecule has 3 aromatic rings. The average Bonchev–Trinajstić information content (AvgIpc) is 2.90. The van der Waals surface area contributed by atoms with Gasteiger partial charge in [-0.1, -0.05) is 61.2 Å². The number of carbonyl (C=O) groups excluding carboxylic acids is 2. The molecule has 1 aliphatic heterocycles. The van der Waals surface area contributed by atoms with Crippen LogP contribution < -0.4 is 10.2 Å². The maximum absolute atomic E-state index is 12.7. The van der Waals surface area contributed by atoms with Gasteiger partial charge in [0.1, 0.15) is 0 Å². The molecule has 1 atom stereocenters. The summed E-state index contributed by atoms with van der Waals surface area (Å²) in [5.41, 5.74) is 0.123. The lowest BCUT2D eigenvalue weighted by molar-refractivity contribution is -0.135. The summed E-state index contributed by atoms with van der Waals surface area (Å²) in [4.78, 5) is 26.8. The molecule has 2 N–H and O–H groups in total. The minimum Gasteiger partial charge on any atom is -0.375 e. The number of nitrogens with one attached hydrogen (secondary N) is 1. The molecule has 0 unspecified atom stereocenters. The molecule has 2 amide bonds. The Kier molecular flexibility index (Phi) is 4.24. The van der Waals surface area contributed by atoms with Crippen molar-refractivity contribution >= 4 is 34.0 Å². The van der Waals surface area contributed by atoms with Gasteiger partial charge in [-0.05, 0) is 17.5 Å². The molecule has 140 valence electrons. The summed E-state index contributed by atoms with van der Waals surface area (Å²) in [6.07, 6.45) is -0.177. The molecular formula is C23H20N2O3. The summed E-state index contributed by atoms with van der Waals surface area (Å²) in [6.45, 7) is 3.83. The van der Waals surface area contributed by atoms with Gasteiger partial charge in [0.25, 0.3) is 11.8 Å². The van der Waals surface area contributed by atoms with E-state index in [9.17, 15) is 14.7 Å². The number of anilines is 2. The van der Waals surface area contributed by atoms with Gasteiger partial charge in [0, 0.05) is 35.7 Å². The number of hydrogen-bond donors (Lipinski definition) is 2. The number of nitrogens with zero attached hydrogens (tertiary/aromatic N) is 1. The van der Waals surface area contributed by atoms with Crippen molar-refractivity contribution < 1.29 is 14.7 Å². The van der Waals surface area contributed by atoms with E-state index in [1.54, 1.807) is 31.3 Å². The summed E-state index contributed by atoms with van der Waals surface area (Å²) in [5.74, 6) is -0.891. The maximum Gasteiger partial charge on any atom is 0.263 e. The summed E-state index contributed by atoms with van der Waals surface area (Å²) in [5, 5.41) is 15.9. The van der Waals surface area contributed by atoms with Crippen LogP contribution >= 0.6 is 0 Å². The number of hydrogen-bond acceptors (Lipinski definition) is 3. The van der Waals surface area contributed by atoms with Crippen molar-refractivity contribution in [3.05, 3.63) is 84.4 Å². The van der Waals surface area contributed by atoms with Crippen molar-refractivity contribution in [2.45, 2.75) is 12.0 Å². The monoisotopic (exact) mass is 372 g/mol. The second-order valence-corrected chi connectivity index (χ2v) is 7.00. The molecule has 0 aromatic heterocycles. The van der Waals surface area contributed by atoms with Crippen LogP contribution in [0.3, 0.4) is 0 Å².